The third-order valence-electron chi connectivity index (χ3n) is 3.18. The van der Waals surface area contributed by atoms with E-state index in [1.807, 2.05) is 0 Å². The Labute approximate surface area is 102 Å². The molecule has 1 unspecified atom stereocenters. The fourth-order valence-electron chi connectivity index (χ4n) is 2.14. The van der Waals surface area contributed by atoms with Crippen molar-refractivity contribution in [2.75, 3.05) is 13.2 Å². The van der Waals surface area contributed by atoms with Gasteiger partial charge in [0.15, 0.2) is 0 Å². The first kappa shape index (κ1) is 12.9. The second kappa shape index (κ2) is 4.62. The van der Waals surface area contributed by atoms with Crippen LogP contribution in [-0.2, 0) is 14.9 Å². The lowest BCUT2D eigenvalue weighted by molar-refractivity contribution is -0.141. The van der Waals surface area contributed by atoms with Gasteiger partial charge in [-0.05, 0) is 24.6 Å². The van der Waals surface area contributed by atoms with Crippen LogP contribution in [0.25, 0.3) is 0 Å². The Morgan fingerprint density at radius 1 is 1.50 bits per heavy atom. The predicted octanol–water partition coefficient (Wildman–Crippen LogP) is 1.03. The molecule has 2 rings (SSSR count). The number of rotatable bonds is 4. The number of carbonyl (C=O) groups is 1. The summed E-state index contributed by atoms with van der Waals surface area (Å²) in [7, 11) is 0. The van der Waals surface area contributed by atoms with Gasteiger partial charge in [-0.2, -0.15) is 0 Å². The van der Waals surface area contributed by atoms with Crippen molar-refractivity contribution >= 4 is 5.97 Å². The van der Waals surface area contributed by atoms with Gasteiger partial charge >= 0.3 is 5.97 Å². The highest BCUT2D eigenvalue weighted by atomic mass is 19.1. The minimum Gasteiger partial charge on any atom is -0.480 e. The van der Waals surface area contributed by atoms with Gasteiger partial charge in [0.25, 0.3) is 0 Å². The van der Waals surface area contributed by atoms with Crippen LogP contribution in [0.5, 0.6) is 0 Å². The summed E-state index contributed by atoms with van der Waals surface area (Å²) in [4.78, 5) is 10.8. The summed E-state index contributed by atoms with van der Waals surface area (Å²) in [5, 5.41) is 8.80. The molecular weight excluding hydrogens is 244 g/mol. The third-order valence-corrected chi connectivity index (χ3v) is 3.18. The first-order chi connectivity index (χ1) is 8.44. The Bertz CT molecular complexity index is 474. The first-order valence-corrected chi connectivity index (χ1v) is 5.46. The van der Waals surface area contributed by atoms with Gasteiger partial charge in [0.2, 0.25) is 0 Å². The molecular formula is C12H13F2NO3. The average Bonchev–Trinajstić information content (AvgIpc) is 2.26. The monoisotopic (exact) mass is 257 g/mol. The van der Waals surface area contributed by atoms with Crippen molar-refractivity contribution < 1.29 is 23.4 Å². The van der Waals surface area contributed by atoms with Gasteiger partial charge in [0.05, 0.1) is 13.2 Å². The van der Waals surface area contributed by atoms with Gasteiger partial charge in [-0.1, -0.05) is 0 Å². The van der Waals surface area contributed by atoms with Gasteiger partial charge < -0.3 is 15.6 Å². The summed E-state index contributed by atoms with van der Waals surface area (Å²) in [6.07, 6.45) is 0.0166. The van der Waals surface area contributed by atoms with Gasteiger partial charge in [0.1, 0.15) is 17.7 Å². The molecule has 6 heteroatoms. The molecule has 1 aliphatic rings. The van der Waals surface area contributed by atoms with Crippen molar-refractivity contribution in [1.29, 1.82) is 0 Å². The van der Waals surface area contributed by atoms with Gasteiger partial charge in [-0.25, -0.2) is 8.78 Å². The van der Waals surface area contributed by atoms with Crippen LogP contribution in [0, 0.1) is 11.6 Å². The van der Waals surface area contributed by atoms with Crippen molar-refractivity contribution in [3.05, 3.63) is 35.4 Å². The highest BCUT2D eigenvalue weighted by Gasteiger charge is 2.44. The minimum absolute atomic E-state index is 0.0166. The largest absolute Gasteiger partial charge is 0.480 e. The fourth-order valence-corrected chi connectivity index (χ4v) is 2.14. The zero-order valence-corrected chi connectivity index (χ0v) is 9.53. The Morgan fingerprint density at radius 2 is 2.17 bits per heavy atom. The van der Waals surface area contributed by atoms with Crippen molar-refractivity contribution in [3.63, 3.8) is 0 Å². The van der Waals surface area contributed by atoms with Crippen LogP contribution in [0.15, 0.2) is 18.2 Å². The molecule has 1 aromatic carbocycles. The zero-order chi connectivity index (χ0) is 13.3. The molecule has 1 heterocycles. The molecule has 18 heavy (non-hydrogen) atoms. The number of aliphatic carboxylic acids is 1. The standard InChI is InChI=1S/C12H13F2NO3/c13-7-1-2-9(14)8(3-7)12(5-18-6-12)4-10(15)11(16)17/h1-3,10H,4-6,15H2,(H,16,17). The number of hydrogen-bond acceptors (Lipinski definition) is 3. The van der Waals surface area contributed by atoms with Crippen molar-refractivity contribution in [3.8, 4) is 0 Å². The van der Waals surface area contributed by atoms with Crippen molar-refractivity contribution in [2.24, 2.45) is 5.73 Å². The van der Waals surface area contributed by atoms with Gasteiger partial charge in [-0.3, -0.25) is 4.79 Å². The first-order valence-electron chi connectivity index (χ1n) is 5.46. The highest BCUT2D eigenvalue weighted by Crippen LogP contribution is 2.38. The lowest BCUT2D eigenvalue weighted by atomic mass is 9.73. The number of carboxylic acid groups (broad SMARTS) is 1. The van der Waals surface area contributed by atoms with E-state index in [4.69, 9.17) is 15.6 Å². The summed E-state index contributed by atoms with van der Waals surface area (Å²) in [6.45, 7) is 0.294. The minimum atomic E-state index is -1.17. The molecule has 0 amide bonds. The highest BCUT2D eigenvalue weighted by molar-refractivity contribution is 5.73. The smallest absolute Gasteiger partial charge is 0.320 e. The molecule has 0 aromatic heterocycles. The number of ether oxygens (including phenoxy) is 1. The molecule has 0 radical (unpaired) electrons. The van der Waals surface area contributed by atoms with E-state index in [1.54, 1.807) is 0 Å². The van der Waals surface area contributed by atoms with E-state index < -0.39 is 29.1 Å². The molecule has 0 saturated carbocycles. The molecule has 0 spiro atoms. The van der Waals surface area contributed by atoms with E-state index in [9.17, 15) is 13.6 Å². The summed E-state index contributed by atoms with van der Waals surface area (Å²) >= 11 is 0. The lowest BCUT2D eigenvalue weighted by Crippen LogP contribution is -2.52. The number of benzene rings is 1. The van der Waals surface area contributed by atoms with E-state index in [-0.39, 0.29) is 25.2 Å². The van der Waals surface area contributed by atoms with Crippen LogP contribution in [0.3, 0.4) is 0 Å². The summed E-state index contributed by atoms with van der Waals surface area (Å²) in [5.74, 6) is -2.31. The van der Waals surface area contributed by atoms with Gasteiger partial charge in [-0.15, -0.1) is 0 Å². The van der Waals surface area contributed by atoms with Crippen LogP contribution >= 0.6 is 0 Å². The molecule has 4 nitrogen and oxygen atoms in total. The Hall–Kier alpha value is -1.53. The molecule has 1 aromatic rings. The van der Waals surface area contributed by atoms with Crippen LogP contribution in [0.1, 0.15) is 12.0 Å². The molecule has 0 bridgehead atoms. The van der Waals surface area contributed by atoms with Crippen LogP contribution < -0.4 is 5.73 Å². The quantitative estimate of drug-likeness (QED) is 0.845. The molecule has 1 fully saturated rings. The van der Waals surface area contributed by atoms with Crippen molar-refractivity contribution in [2.45, 2.75) is 17.9 Å². The van der Waals surface area contributed by atoms with E-state index >= 15 is 0 Å². The average molecular weight is 257 g/mol. The molecule has 3 N–H and O–H groups in total. The maximum absolute atomic E-state index is 13.7. The Balaban J connectivity index is 2.32. The molecule has 98 valence electrons. The second-order valence-corrected chi connectivity index (χ2v) is 4.55. The SMILES string of the molecule is NC(CC1(c2cc(F)ccc2F)COC1)C(=O)O. The maximum Gasteiger partial charge on any atom is 0.320 e. The Morgan fingerprint density at radius 3 is 2.67 bits per heavy atom. The number of carboxylic acids is 1. The van der Waals surface area contributed by atoms with Crippen LogP contribution in [-0.4, -0.2) is 30.3 Å². The number of nitrogens with two attached hydrogens (primary N) is 1. The van der Waals surface area contributed by atoms with Crippen molar-refractivity contribution in [1.82, 2.24) is 0 Å². The molecule has 1 atom stereocenters. The second-order valence-electron chi connectivity index (χ2n) is 4.55. The van der Waals surface area contributed by atoms with E-state index in [0.29, 0.717) is 0 Å². The molecule has 1 saturated heterocycles. The van der Waals surface area contributed by atoms with E-state index in [0.717, 1.165) is 18.2 Å². The number of halogens is 2. The Kier molecular flexibility index (Phi) is 3.32. The lowest BCUT2D eigenvalue weighted by Gasteiger charge is -2.43. The maximum atomic E-state index is 13.7. The van der Waals surface area contributed by atoms with Crippen LogP contribution in [0.2, 0.25) is 0 Å². The molecule has 0 aliphatic carbocycles. The summed E-state index contributed by atoms with van der Waals surface area (Å²) in [5.41, 5.74) is 4.75. The number of hydrogen-bond donors (Lipinski definition) is 2. The summed E-state index contributed by atoms with van der Waals surface area (Å²) < 4.78 is 31.9. The third kappa shape index (κ3) is 2.21. The normalized spacial score (nSPS) is 19.1. The predicted molar refractivity (Wildman–Crippen MR) is 59.1 cm³/mol. The van der Waals surface area contributed by atoms with E-state index in [1.165, 1.54) is 0 Å². The summed E-state index contributed by atoms with van der Waals surface area (Å²) in [6, 6.07) is 1.99. The topological polar surface area (TPSA) is 72.5 Å². The molecule has 1 aliphatic heterocycles. The fraction of sp³-hybridized carbons (Fsp3) is 0.417. The van der Waals surface area contributed by atoms with Crippen LogP contribution in [0.4, 0.5) is 8.78 Å². The van der Waals surface area contributed by atoms with Gasteiger partial charge in [0, 0.05) is 11.0 Å². The van der Waals surface area contributed by atoms with E-state index in [2.05, 4.69) is 0 Å². The zero-order valence-electron chi connectivity index (χ0n) is 9.53.